The molecular formula is C16H12F22O4. The normalized spacial score (nSPS) is 21.3. The van der Waals surface area contributed by atoms with E-state index in [2.05, 4.69) is 14.2 Å². The van der Waals surface area contributed by atoms with Gasteiger partial charge >= 0.3 is 60.3 Å². The fourth-order valence-electron chi connectivity index (χ4n) is 1.90. The lowest BCUT2D eigenvalue weighted by Crippen LogP contribution is -2.64. The molecule has 0 fully saturated rings. The minimum Gasteiger partial charge on any atom is -0.273 e. The van der Waals surface area contributed by atoms with Crippen molar-refractivity contribution in [1.82, 2.24) is 0 Å². The molecule has 0 radical (unpaired) electrons. The van der Waals surface area contributed by atoms with Crippen LogP contribution in [0.4, 0.5) is 96.6 Å². The van der Waals surface area contributed by atoms with Crippen LogP contribution < -0.4 is 0 Å². The molecule has 0 spiro atoms. The second-order valence-electron chi connectivity index (χ2n) is 8.29. The van der Waals surface area contributed by atoms with E-state index in [1.54, 1.807) is 0 Å². The monoisotopic (exact) mass is 686 g/mol. The smallest absolute Gasteiger partial charge is 0.273 e. The molecule has 0 amide bonds. The van der Waals surface area contributed by atoms with Gasteiger partial charge in [0.1, 0.15) is 0 Å². The molecule has 42 heavy (non-hydrogen) atoms. The molecule has 4 unspecified atom stereocenters. The molecule has 0 aromatic rings. The Morgan fingerprint density at radius 1 is 0.262 bits per heavy atom. The fraction of sp³-hybridized carbons (Fsp3) is 1.00. The van der Waals surface area contributed by atoms with Crippen LogP contribution in [0.5, 0.6) is 0 Å². The summed E-state index contributed by atoms with van der Waals surface area (Å²) in [6.45, 7) is -4.33. The first-order chi connectivity index (χ1) is 17.6. The van der Waals surface area contributed by atoms with Gasteiger partial charge in [-0.25, -0.2) is 17.6 Å². The van der Waals surface area contributed by atoms with Crippen molar-refractivity contribution in [2.75, 3.05) is 0 Å². The molecule has 0 saturated carbocycles. The summed E-state index contributed by atoms with van der Waals surface area (Å²) in [6, 6.07) is 0. The van der Waals surface area contributed by atoms with E-state index in [1.165, 1.54) is 0 Å². The summed E-state index contributed by atoms with van der Waals surface area (Å²) in [5, 5.41) is 0. The average molecular weight is 686 g/mol. The maximum absolute atomic E-state index is 14.4. The SMILES string of the molecule is CC(F)(OC(F)(F)C(C)(F)OC(F)(F)C(C)(F)OC(F)(F)C(F)(F)C(F)(F)F)C(C)(F)OC(F)(F)C(F)(F)C(F)(F)F. The van der Waals surface area contributed by atoms with Crippen LogP contribution in [0.15, 0.2) is 0 Å². The molecule has 0 aromatic carbocycles. The lowest BCUT2D eigenvalue weighted by Gasteiger charge is -2.42. The predicted octanol–water partition coefficient (Wildman–Crippen LogP) is 8.56. The van der Waals surface area contributed by atoms with Crippen molar-refractivity contribution in [1.29, 1.82) is 0 Å². The Bertz CT molecular complexity index is 871. The van der Waals surface area contributed by atoms with E-state index in [4.69, 9.17) is 0 Å². The Kier molecular flexibility index (Phi) is 10.0. The van der Waals surface area contributed by atoms with Gasteiger partial charge in [-0.2, -0.15) is 79.0 Å². The number of hydrogen-bond acceptors (Lipinski definition) is 4. The van der Waals surface area contributed by atoms with Crippen LogP contribution in [-0.4, -0.2) is 72.1 Å². The first kappa shape index (κ1) is 40.3. The van der Waals surface area contributed by atoms with Crippen LogP contribution in [0.1, 0.15) is 27.7 Å². The van der Waals surface area contributed by atoms with Gasteiger partial charge in [0.15, 0.2) is 0 Å². The molecule has 0 aromatic heterocycles. The van der Waals surface area contributed by atoms with Gasteiger partial charge in [-0.15, -0.1) is 0 Å². The molecule has 0 bridgehead atoms. The number of rotatable bonds is 13. The van der Waals surface area contributed by atoms with Gasteiger partial charge in [-0.3, -0.25) is 18.9 Å². The molecule has 0 N–H and O–H groups in total. The van der Waals surface area contributed by atoms with Crippen molar-refractivity contribution in [3.63, 3.8) is 0 Å². The maximum Gasteiger partial charge on any atom is 0.462 e. The molecular weight excluding hydrogens is 674 g/mol. The summed E-state index contributed by atoms with van der Waals surface area (Å²) in [5.41, 5.74) is 0. The molecule has 0 aliphatic rings. The Hall–Kier alpha value is -1.70. The summed E-state index contributed by atoms with van der Waals surface area (Å²) < 4.78 is 299. The van der Waals surface area contributed by atoms with Crippen molar-refractivity contribution >= 4 is 0 Å². The van der Waals surface area contributed by atoms with Crippen molar-refractivity contribution < 1.29 is 116 Å². The minimum absolute atomic E-state index is 0.959. The number of hydrogen-bond donors (Lipinski definition) is 0. The molecule has 4 atom stereocenters. The summed E-state index contributed by atoms with van der Waals surface area (Å²) in [7, 11) is 0. The molecule has 0 rings (SSSR count). The molecule has 0 saturated heterocycles. The number of halogens is 22. The van der Waals surface area contributed by atoms with Crippen molar-refractivity contribution in [2.45, 2.75) is 99.7 Å². The van der Waals surface area contributed by atoms with Crippen LogP contribution in [0.2, 0.25) is 0 Å². The molecule has 0 heterocycles. The second kappa shape index (κ2) is 10.4. The molecule has 4 nitrogen and oxygen atoms in total. The summed E-state index contributed by atoms with van der Waals surface area (Å²) in [5.74, 6) is -38.5. The van der Waals surface area contributed by atoms with Crippen LogP contribution >= 0.6 is 0 Å². The van der Waals surface area contributed by atoms with Crippen LogP contribution in [0, 0.1) is 0 Å². The standard InChI is InChI=1S/C16H12F22O4/c1-5(17,6(2,18)40-15(35,36)9(21,22)11(25,26)27)39-13(31,32)7(3,19)41-14(33,34)8(4,20)42-16(37,38)10(23,24)12(28,29)30/h1-4H3. The first-order valence-electron chi connectivity index (χ1n) is 9.54. The van der Waals surface area contributed by atoms with E-state index in [0.717, 1.165) is 0 Å². The first-order valence-corrected chi connectivity index (χ1v) is 9.54. The zero-order chi connectivity index (χ0) is 34.8. The zero-order valence-corrected chi connectivity index (χ0v) is 19.9. The molecule has 254 valence electrons. The van der Waals surface area contributed by atoms with Gasteiger partial charge in [0.05, 0.1) is 0 Å². The summed E-state index contributed by atoms with van der Waals surface area (Å²) >= 11 is 0. The van der Waals surface area contributed by atoms with Crippen LogP contribution in [-0.2, 0) is 18.9 Å². The predicted molar refractivity (Wildman–Crippen MR) is 84.2 cm³/mol. The summed E-state index contributed by atoms with van der Waals surface area (Å²) in [4.78, 5) is 0. The van der Waals surface area contributed by atoms with Gasteiger partial charge in [0, 0.05) is 27.7 Å². The van der Waals surface area contributed by atoms with Gasteiger partial charge in [0.2, 0.25) is 0 Å². The third kappa shape index (κ3) is 7.32. The topological polar surface area (TPSA) is 36.9 Å². The van der Waals surface area contributed by atoms with Crippen molar-refractivity contribution in [3.8, 4) is 0 Å². The highest BCUT2D eigenvalue weighted by Gasteiger charge is 2.80. The van der Waals surface area contributed by atoms with Gasteiger partial charge < -0.3 is 0 Å². The van der Waals surface area contributed by atoms with Gasteiger partial charge in [-0.1, -0.05) is 0 Å². The van der Waals surface area contributed by atoms with Gasteiger partial charge in [-0.05, 0) is 0 Å². The highest BCUT2D eigenvalue weighted by Crippen LogP contribution is 2.54. The maximum atomic E-state index is 14.4. The van der Waals surface area contributed by atoms with E-state index < -0.39 is 99.7 Å². The number of alkyl halides is 22. The lowest BCUT2D eigenvalue weighted by atomic mass is 10.1. The van der Waals surface area contributed by atoms with E-state index in [0.29, 0.717) is 0 Å². The van der Waals surface area contributed by atoms with E-state index in [-0.39, 0.29) is 0 Å². The zero-order valence-electron chi connectivity index (χ0n) is 19.9. The Balaban J connectivity index is 6.26. The quantitative estimate of drug-likeness (QED) is 0.182. The summed E-state index contributed by atoms with van der Waals surface area (Å²) in [6.07, 6.45) is -42.9. The third-order valence-corrected chi connectivity index (χ3v) is 4.56. The van der Waals surface area contributed by atoms with Crippen molar-refractivity contribution in [2.24, 2.45) is 0 Å². The van der Waals surface area contributed by atoms with Crippen LogP contribution in [0.3, 0.4) is 0 Å². The molecule has 0 aliphatic heterocycles. The third-order valence-electron chi connectivity index (χ3n) is 4.56. The van der Waals surface area contributed by atoms with E-state index >= 15 is 0 Å². The molecule has 0 aliphatic carbocycles. The highest BCUT2D eigenvalue weighted by atomic mass is 19.4. The minimum atomic E-state index is -7.51. The molecule has 26 heteroatoms. The van der Waals surface area contributed by atoms with Gasteiger partial charge in [0.25, 0.3) is 11.7 Å². The van der Waals surface area contributed by atoms with E-state index in [1.807, 2.05) is 4.74 Å². The Morgan fingerprint density at radius 3 is 0.643 bits per heavy atom. The lowest BCUT2D eigenvalue weighted by molar-refractivity contribution is -0.532. The number of ether oxygens (including phenoxy) is 4. The largest absolute Gasteiger partial charge is 0.462 e. The fourth-order valence-corrected chi connectivity index (χ4v) is 1.90. The van der Waals surface area contributed by atoms with Crippen molar-refractivity contribution in [3.05, 3.63) is 0 Å². The average Bonchev–Trinajstić information content (AvgIpc) is 2.62. The Morgan fingerprint density at radius 2 is 0.429 bits per heavy atom. The Labute approximate surface area is 216 Å². The highest BCUT2D eigenvalue weighted by molar-refractivity contribution is 4.92. The second-order valence-corrected chi connectivity index (χ2v) is 8.29. The van der Waals surface area contributed by atoms with E-state index in [9.17, 15) is 96.6 Å². The van der Waals surface area contributed by atoms with Crippen LogP contribution in [0.25, 0.3) is 0 Å².